The lowest BCUT2D eigenvalue weighted by Crippen LogP contribution is -2.47. The van der Waals surface area contributed by atoms with Crippen molar-refractivity contribution < 1.29 is 17.9 Å². The quantitative estimate of drug-likeness (QED) is 0.466. The van der Waals surface area contributed by atoms with Crippen LogP contribution in [0.15, 0.2) is 51.9 Å². The summed E-state index contributed by atoms with van der Waals surface area (Å²) in [5.74, 6) is 1.10. The van der Waals surface area contributed by atoms with E-state index < -0.39 is 6.36 Å². The van der Waals surface area contributed by atoms with Gasteiger partial charge in [-0.3, -0.25) is 5.32 Å². The van der Waals surface area contributed by atoms with E-state index >= 15 is 0 Å². The fourth-order valence-electron chi connectivity index (χ4n) is 4.65. The predicted octanol–water partition coefficient (Wildman–Crippen LogP) is 4.92. The lowest BCUT2D eigenvalue weighted by molar-refractivity contribution is -0.274. The van der Waals surface area contributed by atoms with Crippen molar-refractivity contribution in [3.63, 3.8) is 0 Å². The Morgan fingerprint density at radius 2 is 1.97 bits per heavy atom. The molecule has 184 valence electrons. The highest BCUT2D eigenvalue weighted by molar-refractivity contribution is 9.10. The van der Waals surface area contributed by atoms with Gasteiger partial charge >= 0.3 is 6.36 Å². The minimum absolute atomic E-state index is 0.0900. The van der Waals surface area contributed by atoms with Gasteiger partial charge in [-0.1, -0.05) is 40.2 Å². The number of hydrogen-bond donors (Lipinski definition) is 3. The fourth-order valence-corrected chi connectivity index (χ4v) is 4.99. The maximum absolute atomic E-state index is 12.7. The smallest absolute Gasteiger partial charge is 0.405 e. The van der Waals surface area contributed by atoms with Crippen LogP contribution in [0.1, 0.15) is 36.6 Å². The monoisotopic (exact) mass is 539 g/mol. The summed E-state index contributed by atoms with van der Waals surface area (Å²) in [6, 6.07) is 13.2. The van der Waals surface area contributed by atoms with Crippen LogP contribution in [0, 0.1) is 5.92 Å². The molecule has 4 rings (SSSR count). The molecule has 0 amide bonds. The second-order valence-electron chi connectivity index (χ2n) is 8.71. The van der Waals surface area contributed by atoms with Gasteiger partial charge in [0.1, 0.15) is 11.9 Å². The third-order valence-electron chi connectivity index (χ3n) is 6.31. The largest absolute Gasteiger partial charge is 0.573 e. The zero-order chi connectivity index (χ0) is 24.3. The van der Waals surface area contributed by atoms with Crippen molar-refractivity contribution in [2.75, 3.05) is 25.5 Å². The fraction of sp³-hybridized carbons (Fsp3) is 0.458. The normalized spacial score (nSPS) is 22.4. The summed E-state index contributed by atoms with van der Waals surface area (Å²) in [5.41, 5.74) is 2.75. The highest BCUT2D eigenvalue weighted by Crippen LogP contribution is 2.32. The van der Waals surface area contributed by atoms with Crippen LogP contribution >= 0.6 is 15.9 Å². The molecule has 1 aliphatic heterocycles. The van der Waals surface area contributed by atoms with Crippen molar-refractivity contribution in [1.29, 1.82) is 0 Å². The number of alkyl halides is 3. The average molecular weight is 540 g/mol. The number of aliphatic imine (C=N–C) groups is 1. The van der Waals surface area contributed by atoms with Gasteiger partial charge in [0.15, 0.2) is 5.96 Å². The van der Waals surface area contributed by atoms with Crippen LogP contribution in [0.3, 0.4) is 0 Å². The van der Waals surface area contributed by atoms with E-state index in [1.54, 1.807) is 12.1 Å². The van der Waals surface area contributed by atoms with Gasteiger partial charge in [-0.2, -0.15) is 0 Å². The molecular formula is C24H29BrF3N5O. The van der Waals surface area contributed by atoms with Crippen molar-refractivity contribution in [3.8, 4) is 5.75 Å². The molecule has 1 unspecified atom stereocenters. The Hall–Kier alpha value is -2.30. The topological polar surface area (TPSA) is 60.9 Å². The predicted molar refractivity (Wildman–Crippen MR) is 131 cm³/mol. The molecule has 1 heterocycles. The number of rotatable bonds is 7. The summed E-state index contributed by atoms with van der Waals surface area (Å²) in [5, 5.41) is 10.2. The van der Waals surface area contributed by atoms with Crippen molar-refractivity contribution in [1.82, 2.24) is 16.0 Å². The highest BCUT2D eigenvalue weighted by atomic mass is 79.9. The van der Waals surface area contributed by atoms with Crippen molar-refractivity contribution in [3.05, 3.63) is 58.1 Å². The number of benzene rings is 2. The van der Waals surface area contributed by atoms with Crippen LogP contribution in [0.25, 0.3) is 0 Å². The minimum atomic E-state index is -4.72. The van der Waals surface area contributed by atoms with Crippen LogP contribution in [0.2, 0.25) is 0 Å². The summed E-state index contributed by atoms with van der Waals surface area (Å²) in [6.07, 6.45) is -1.78. The Morgan fingerprint density at radius 1 is 1.18 bits per heavy atom. The summed E-state index contributed by atoms with van der Waals surface area (Å²) >= 11 is 3.20. The lowest BCUT2D eigenvalue weighted by Gasteiger charge is -2.33. The maximum atomic E-state index is 12.7. The minimum Gasteiger partial charge on any atom is -0.405 e. The van der Waals surface area contributed by atoms with E-state index in [0.29, 0.717) is 28.5 Å². The number of ether oxygens (including phenoxy) is 1. The molecule has 10 heteroatoms. The van der Waals surface area contributed by atoms with E-state index in [-0.39, 0.29) is 11.9 Å². The Balaban J connectivity index is 1.30. The molecule has 1 aliphatic carbocycles. The second kappa shape index (κ2) is 10.5. The molecule has 0 radical (unpaired) electrons. The highest BCUT2D eigenvalue weighted by Gasteiger charge is 2.32. The van der Waals surface area contributed by atoms with Gasteiger partial charge in [-0.25, -0.2) is 4.99 Å². The number of hydrogen-bond acceptors (Lipinski definition) is 6. The molecule has 0 bridgehead atoms. The molecule has 0 saturated heterocycles. The zero-order valence-corrected chi connectivity index (χ0v) is 20.7. The average Bonchev–Trinajstić information content (AvgIpc) is 3.23. The molecular weight excluding hydrogens is 511 g/mol. The third-order valence-corrected chi connectivity index (χ3v) is 6.81. The van der Waals surface area contributed by atoms with E-state index in [2.05, 4.69) is 53.6 Å². The van der Waals surface area contributed by atoms with Gasteiger partial charge < -0.3 is 20.3 Å². The van der Waals surface area contributed by atoms with E-state index in [4.69, 9.17) is 4.99 Å². The molecule has 2 aliphatic rings. The third kappa shape index (κ3) is 6.03. The molecule has 1 fully saturated rings. The molecule has 0 aromatic heterocycles. The first-order valence-corrected chi connectivity index (χ1v) is 12.1. The van der Waals surface area contributed by atoms with Crippen molar-refractivity contribution in [2.24, 2.45) is 10.9 Å². The molecule has 0 spiro atoms. The van der Waals surface area contributed by atoms with Crippen LogP contribution in [-0.2, 0) is 6.54 Å². The van der Waals surface area contributed by atoms with Crippen LogP contribution in [0.4, 0.5) is 18.9 Å². The number of nitrogens with zero attached hydrogens (tertiary/aromatic N) is 2. The standard InChI is InChI=1S/C24H29BrF3N5O/c1-29-22-19-5-3-4-6-20(19)33(2)23(32-22)31-18-10-7-15(11-18)13-30-14-16-8-9-17(25)12-21(16)34-24(26,27)28/h3-6,8-9,12,15,18,22,29-30H,7,10-11,13-14H2,1-2H3,(H,31,32)/t15-,18+,22?/m1/s1. The number of anilines is 1. The molecule has 2 aromatic carbocycles. The van der Waals surface area contributed by atoms with Crippen LogP contribution in [0.5, 0.6) is 5.75 Å². The molecule has 2 aromatic rings. The summed E-state index contributed by atoms with van der Waals surface area (Å²) < 4.78 is 42.9. The van der Waals surface area contributed by atoms with E-state index in [0.717, 1.165) is 43.0 Å². The number of nitrogens with one attached hydrogen (secondary N) is 3. The number of para-hydroxylation sites is 1. The first kappa shape index (κ1) is 24.8. The van der Waals surface area contributed by atoms with Crippen LogP contribution in [-0.4, -0.2) is 39.0 Å². The maximum Gasteiger partial charge on any atom is 0.573 e. The summed E-state index contributed by atoms with van der Waals surface area (Å²) in [4.78, 5) is 6.94. The first-order valence-electron chi connectivity index (χ1n) is 11.3. The van der Waals surface area contributed by atoms with Gasteiger partial charge in [-0.05, 0) is 57.0 Å². The van der Waals surface area contributed by atoms with E-state index in [1.165, 1.54) is 6.07 Å². The summed E-state index contributed by atoms with van der Waals surface area (Å²) in [6.45, 7) is 1.04. The Kier molecular flexibility index (Phi) is 7.69. The van der Waals surface area contributed by atoms with Crippen molar-refractivity contribution in [2.45, 2.75) is 44.4 Å². The Labute approximate surface area is 206 Å². The molecule has 1 saturated carbocycles. The molecule has 6 nitrogen and oxygen atoms in total. The van der Waals surface area contributed by atoms with E-state index in [1.807, 2.05) is 26.2 Å². The van der Waals surface area contributed by atoms with Crippen LogP contribution < -0.4 is 25.6 Å². The van der Waals surface area contributed by atoms with Gasteiger partial charge in [0.2, 0.25) is 0 Å². The lowest BCUT2D eigenvalue weighted by atomic mass is 10.1. The number of fused-ring (bicyclic) bond motifs is 1. The number of halogens is 4. The van der Waals surface area contributed by atoms with Gasteiger partial charge in [-0.15, -0.1) is 13.2 Å². The molecule has 3 N–H and O–H groups in total. The zero-order valence-electron chi connectivity index (χ0n) is 19.1. The van der Waals surface area contributed by atoms with Gasteiger partial charge in [0.25, 0.3) is 0 Å². The number of guanidine groups is 1. The van der Waals surface area contributed by atoms with Gasteiger partial charge in [0.05, 0.1) is 5.69 Å². The molecule has 34 heavy (non-hydrogen) atoms. The summed E-state index contributed by atoms with van der Waals surface area (Å²) in [7, 11) is 3.92. The SMILES string of the molecule is CNC1N=C(N[C@H]2CC[C@@H](CNCc3ccc(Br)cc3OC(F)(F)F)C2)N(C)c2ccccc21. The Morgan fingerprint density at radius 3 is 2.74 bits per heavy atom. The van der Waals surface area contributed by atoms with Crippen molar-refractivity contribution >= 4 is 27.6 Å². The second-order valence-corrected chi connectivity index (χ2v) is 9.63. The van der Waals surface area contributed by atoms with Gasteiger partial charge in [0, 0.05) is 35.2 Å². The van der Waals surface area contributed by atoms with E-state index in [9.17, 15) is 13.2 Å². The first-order chi connectivity index (χ1) is 16.2. The Bertz CT molecular complexity index is 1030. The molecule has 3 atom stereocenters.